The Morgan fingerprint density at radius 2 is 2.17 bits per heavy atom. The van der Waals surface area contributed by atoms with Crippen LogP contribution in [0.25, 0.3) is 0 Å². The van der Waals surface area contributed by atoms with Crippen LogP contribution in [0.3, 0.4) is 0 Å². The van der Waals surface area contributed by atoms with Gasteiger partial charge in [0.1, 0.15) is 5.78 Å². The normalized spacial score (nSPS) is 23.8. The molecule has 1 heterocycles. The molecule has 2 N–H and O–H groups in total. The first-order valence-corrected chi connectivity index (χ1v) is 8.36. The van der Waals surface area contributed by atoms with Crippen LogP contribution < -0.4 is 5.73 Å². The third kappa shape index (κ3) is 5.46. The molecule has 5 nitrogen and oxygen atoms in total. The van der Waals surface area contributed by atoms with Crippen molar-refractivity contribution in [2.75, 3.05) is 19.3 Å². The second-order valence-electron chi connectivity index (χ2n) is 5.39. The summed E-state index contributed by atoms with van der Waals surface area (Å²) in [4.78, 5) is 11.7. The summed E-state index contributed by atoms with van der Waals surface area (Å²) in [5, 5.41) is 0. The quantitative estimate of drug-likeness (QED) is 0.776. The molecule has 0 aromatic carbocycles. The van der Waals surface area contributed by atoms with Crippen LogP contribution >= 0.6 is 0 Å². The fourth-order valence-electron chi connectivity index (χ4n) is 2.31. The molecule has 0 aromatic heterocycles. The predicted molar refractivity (Wildman–Crippen MR) is 71.6 cm³/mol. The van der Waals surface area contributed by atoms with E-state index < -0.39 is 10.0 Å². The molecule has 0 bridgehead atoms. The summed E-state index contributed by atoms with van der Waals surface area (Å²) >= 11 is 0. The fraction of sp³-hybridized carbons (Fsp3) is 0.917. The maximum Gasteiger partial charge on any atom is 0.211 e. The number of ketones is 1. The van der Waals surface area contributed by atoms with Crippen molar-refractivity contribution in [2.45, 2.75) is 45.1 Å². The second kappa shape index (κ2) is 6.63. The Morgan fingerprint density at radius 1 is 1.50 bits per heavy atom. The fourth-order valence-corrected chi connectivity index (χ4v) is 3.25. The van der Waals surface area contributed by atoms with E-state index in [9.17, 15) is 13.2 Å². The predicted octanol–water partition coefficient (Wildman–Crippen LogP) is 0.745. The van der Waals surface area contributed by atoms with E-state index in [0.717, 1.165) is 12.8 Å². The average Bonchev–Trinajstić information content (AvgIpc) is 2.25. The van der Waals surface area contributed by atoms with Gasteiger partial charge in [0.25, 0.3) is 0 Å². The largest absolute Gasteiger partial charge is 0.328 e. The highest BCUT2D eigenvalue weighted by molar-refractivity contribution is 7.88. The molecule has 6 heteroatoms. The molecule has 1 aliphatic rings. The molecule has 0 saturated carbocycles. The van der Waals surface area contributed by atoms with E-state index in [2.05, 4.69) is 0 Å². The molecule has 1 saturated heterocycles. The second-order valence-corrected chi connectivity index (χ2v) is 7.37. The Morgan fingerprint density at radius 3 is 2.72 bits per heavy atom. The number of sulfonamides is 1. The van der Waals surface area contributed by atoms with Gasteiger partial charge in [-0.05, 0) is 32.1 Å². The Hall–Kier alpha value is -0.460. The Balaban J connectivity index is 2.41. The van der Waals surface area contributed by atoms with Gasteiger partial charge in [-0.2, -0.15) is 0 Å². The number of hydrogen-bond donors (Lipinski definition) is 1. The highest BCUT2D eigenvalue weighted by atomic mass is 32.2. The molecule has 0 radical (unpaired) electrons. The Kier molecular flexibility index (Phi) is 5.75. The van der Waals surface area contributed by atoms with Gasteiger partial charge in [-0.3, -0.25) is 4.79 Å². The summed E-state index contributed by atoms with van der Waals surface area (Å²) in [6, 6.07) is 0.0489. The molecule has 0 aliphatic carbocycles. The van der Waals surface area contributed by atoms with Gasteiger partial charge in [-0.15, -0.1) is 0 Å². The van der Waals surface area contributed by atoms with Crippen molar-refractivity contribution < 1.29 is 13.2 Å². The minimum absolute atomic E-state index is 0.0489. The lowest BCUT2D eigenvalue weighted by molar-refractivity contribution is -0.120. The minimum atomic E-state index is -3.12. The minimum Gasteiger partial charge on any atom is -0.328 e. The molecule has 2 atom stereocenters. The third-order valence-electron chi connectivity index (χ3n) is 3.35. The Labute approximate surface area is 110 Å². The number of carbonyl (C=O) groups excluding carboxylic acids is 1. The van der Waals surface area contributed by atoms with Gasteiger partial charge in [0.05, 0.1) is 6.26 Å². The van der Waals surface area contributed by atoms with Crippen LogP contribution in [0.15, 0.2) is 0 Å². The topological polar surface area (TPSA) is 80.5 Å². The van der Waals surface area contributed by atoms with Crippen LogP contribution in [0.2, 0.25) is 0 Å². The summed E-state index contributed by atoms with van der Waals surface area (Å²) in [7, 11) is -3.12. The van der Waals surface area contributed by atoms with E-state index in [1.165, 1.54) is 10.6 Å². The van der Waals surface area contributed by atoms with E-state index in [0.29, 0.717) is 32.4 Å². The van der Waals surface area contributed by atoms with Gasteiger partial charge >= 0.3 is 0 Å². The number of piperidine rings is 1. The molecular weight excluding hydrogens is 252 g/mol. The maximum atomic E-state index is 11.7. The number of Topliss-reactive ketones (excluding diaryl/α,β-unsaturated/α-hetero) is 1. The van der Waals surface area contributed by atoms with Crippen molar-refractivity contribution in [3.63, 3.8) is 0 Å². The molecule has 106 valence electrons. The third-order valence-corrected chi connectivity index (χ3v) is 4.62. The number of nitrogens with zero attached hydrogens (tertiary/aromatic N) is 1. The number of nitrogens with two attached hydrogens (primary N) is 1. The zero-order chi connectivity index (χ0) is 13.8. The Bertz CT molecular complexity index is 379. The summed E-state index contributed by atoms with van der Waals surface area (Å²) in [5.74, 6) is 0.377. The van der Waals surface area contributed by atoms with Crippen LogP contribution in [0, 0.1) is 5.92 Å². The van der Waals surface area contributed by atoms with E-state index in [1.807, 2.05) is 6.92 Å². The smallest absolute Gasteiger partial charge is 0.211 e. The van der Waals surface area contributed by atoms with Gasteiger partial charge in [-0.25, -0.2) is 12.7 Å². The van der Waals surface area contributed by atoms with Crippen LogP contribution in [0.5, 0.6) is 0 Å². The zero-order valence-corrected chi connectivity index (χ0v) is 12.1. The monoisotopic (exact) mass is 276 g/mol. The molecule has 2 unspecified atom stereocenters. The average molecular weight is 276 g/mol. The van der Waals surface area contributed by atoms with Gasteiger partial charge in [0, 0.05) is 32.0 Å². The standard InChI is InChI=1S/C12H24N2O3S/c1-10(13)5-6-12(15)8-11-4-3-7-14(9-11)18(2,16)17/h10-11H,3-9,13H2,1-2H3. The number of carbonyl (C=O) groups is 1. The van der Waals surface area contributed by atoms with Crippen molar-refractivity contribution >= 4 is 15.8 Å². The highest BCUT2D eigenvalue weighted by Crippen LogP contribution is 2.22. The van der Waals surface area contributed by atoms with Gasteiger partial charge in [0.2, 0.25) is 10.0 Å². The lowest BCUT2D eigenvalue weighted by atomic mass is 9.92. The molecule has 0 aromatic rings. The van der Waals surface area contributed by atoms with E-state index in [1.54, 1.807) is 0 Å². The lowest BCUT2D eigenvalue weighted by Crippen LogP contribution is -2.39. The molecule has 18 heavy (non-hydrogen) atoms. The van der Waals surface area contributed by atoms with E-state index in [4.69, 9.17) is 5.73 Å². The van der Waals surface area contributed by atoms with Crippen molar-refractivity contribution in [3.8, 4) is 0 Å². The first-order valence-electron chi connectivity index (χ1n) is 6.51. The molecule has 1 aliphatic heterocycles. The first-order chi connectivity index (χ1) is 8.29. The van der Waals surface area contributed by atoms with Crippen molar-refractivity contribution in [3.05, 3.63) is 0 Å². The summed E-state index contributed by atoms with van der Waals surface area (Å²) in [6.45, 7) is 2.96. The summed E-state index contributed by atoms with van der Waals surface area (Å²) < 4.78 is 24.4. The first kappa shape index (κ1) is 15.6. The van der Waals surface area contributed by atoms with Crippen LogP contribution in [-0.4, -0.2) is 43.9 Å². The molecule has 0 spiro atoms. The highest BCUT2D eigenvalue weighted by Gasteiger charge is 2.26. The molecule has 1 rings (SSSR count). The maximum absolute atomic E-state index is 11.7. The number of hydrogen-bond acceptors (Lipinski definition) is 4. The summed E-state index contributed by atoms with van der Waals surface area (Å²) in [6.07, 6.45) is 4.72. The lowest BCUT2D eigenvalue weighted by Gasteiger charge is -2.30. The molecular formula is C12H24N2O3S. The molecule has 1 fully saturated rings. The van der Waals surface area contributed by atoms with E-state index >= 15 is 0 Å². The van der Waals surface area contributed by atoms with Gasteiger partial charge in [-0.1, -0.05) is 0 Å². The summed E-state index contributed by atoms with van der Waals surface area (Å²) in [5.41, 5.74) is 5.61. The SMILES string of the molecule is CC(N)CCC(=O)CC1CCCN(S(C)(=O)=O)C1. The van der Waals surface area contributed by atoms with Gasteiger partial charge < -0.3 is 5.73 Å². The van der Waals surface area contributed by atoms with Crippen molar-refractivity contribution in [2.24, 2.45) is 11.7 Å². The van der Waals surface area contributed by atoms with Gasteiger partial charge in [0.15, 0.2) is 0 Å². The number of rotatable bonds is 6. The molecule has 0 amide bonds. The van der Waals surface area contributed by atoms with Crippen molar-refractivity contribution in [1.29, 1.82) is 0 Å². The van der Waals surface area contributed by atoms with Crippen LogP contribution in [0.1, 0.15) is 39.0 Å². The van der Waals surface area contributed by atoms with Crippen molar-refractivity contribution in [1.82, 2.24) is 4.31 Å². The van der Waals surface area contributed by atoms with Crippen LogP contribution in [-0.2, 0) is 14.8 Å². The van der Waals surface area contributed by atoms with Crippen LogP contribution in [0.4, 0.5) is 0 Å². The van der Waals surface area contributed by atoms with E-state index in [-0.39, 0.29) is 17.7 Å². The zero-order valence-electron chi connectivity index (χ0n) is 11.3.